The molecule has 1 fully saturated rings. The summed E-state index contributed by atoms with van der Waals surface area (Å²) in [6.45, 7) is 3.39. The number of nitriles is 1. The van der Waals surface area contributed by atoms with Gasteiger partial charge in [-0.05, 0) is 68.1 Å². The monoisotopic (exact) mass is 616 g/mol. The first kappa shape index (κ1) is 29.9. The van der Waals surface area contributed by atoms with Gasteiger partial charge in [0.05, 0.1) is 43.1 Å². The van der Waals surface area contributed by atoms with E-state index in [1.165, 1.54) is 6.07 Å². The van der Waals surface area contributed by atoms with Gasteiger partial charge >= 0.3 is 6.18 Å². The molecule has 7 nitrogen and oxygen atoms in total. The maximum atomic E-state index is 13.5. The number of nitrogens with one attached hydrogen (secondary N) is 1. The standard InChI is InChI=1S/C26H22Cl2F4N4O3S/c1-14-18(13-33)24(34-15(2)23(14)35-40(38,39)17-4-6-22(29)21(28)12-17)36-9-7-25(37,8-10-36)16-3-5-20(27)19(11-16)26(30,31)32/h3-6,11-12,35,37H,7-10H2,1-2H3. The highest BCUT2D eigenvalue weighted by Gasteiger charge is 2.39. The second-order valence-electron chi connectivity index (χ2n) is 9.40. The highest BCUT2D eigenvalue weighted by atomic mass is 35.5. The van der Waals surface area contributed by atoms with Gasteiger partial charge in [0.15, 0.2) is 0 Å². The Hall–Kier alpha value is -3.11. The number of piperidine rings is 1. The number of anilines is 2. The Labute approximate surface area is 238 Å². The van der Waals surface area contributed by atoms with E-state index in [4.69, 9.17) is 23.2 Å². The second-order valence-corrected chi connectivity index (χ2v) is 11.9. The molecular formula is C26H22Cl2F4N4O3S. The first-order valence-corrected chi connectivity index (χ1v) is 14.0. The lowest BCUT2D eigenvalue weighted by atomic mass is 9.83. The van der Waals surface area contributed by atoms with Crippen LogP contribution in [-0.2, 0) is 21.8 Å². The smallest absolute Gasteiger partial charge is 0.385 e. The Morgan fingerprint density at radius 1 is 1.10 bits per heavy atom. The summed E-state index contributed by atoms with van der Waals surface area (Å²) in [5.74, 6) is -0.532. The maximum absolute atomic E-state index is 13.5. The van der Waals surface area contributed by atoms with Crippen LogP contribution in [0, 0.1) is 31.0 Å². The number of hydrogen-bond acceptors (Lipinski definition) is 6. The minimum atomic E-state index is -4.68. The van der Waals surface area contributed by atoms with Crippen molar-refractivity contribution < 1.29 is 31.1 Å². The molecule has 1 aromatic heterocycles. The molecule has 0 saturated carbocycles. The van der Waals surface area contributed by atoms with Crippen molar-refractivity contribution in [3.8, 4) is 6.07 Å². The molecule has 2 aromatic carbocycles. The molecule has 212 valence electrons. The number of sulfonamides is 1. The van der Waals surface area contributed by atoms with Gasteiger partial charge in [-0.1, -0.05) is 29.3 Å². The first-order chi connectivity index (χ1) is 18.6. The molecule has 4 rings (SSSR count). The van der Waals surface area contributed by atoms with Crippen molar-refractivity contribution in [2.45, 2.75) is 43.4 Å². The minimum Gasteiger partial charge on any atom is -0.385 e. The van der Waals surface area contributed by atoms with Gasteiger partial charge in [0, 0.05) is 13.1 Å². The summed E-state index contributed by atoms with van der Waals surface area (Å²) < 4.78 is 81.9. The maximum Gasteiger partial charge on any atom is 0.417 e. The second kappa shape index (κ2) is 10.7. The van der Waals surface area contributed by atoms with Gasteiger partial charge < -0.3 is 10.0 Å². The number of aliphatic hydroxyl groups is 1. The van der Waals surface area contributed by atoms with Crippen LogP contribution in [0.25, 0.3) is 0 Å². The van der Waals surface area contributed by atoms with Gasteiger partial charge in [-0.2, -0.15) is 18.4 Å². The molecule has 1 aliphatic heterocycles. The number of nitrogens with zero attached hydrogens (tertiary/aromatic N) is 3. The fourth-order valence-electron chi connectivity index (χ4n) is 4.59. The molecule has 40 heavy (non-hydrogen) atoms. The van der Waals surface area contributed by atoms with Crippen molar-refractivity contribution in [1.29, 1.82) is 5.26 Å². The Balaban J connectivity index is 1.61. The Morgan fingerprint density at radius 2 is 1.75 bits per heavy atom. The van der Waals surface area contributed by atoms with E-state index in [2.05, 4.69) is 9.71 Å². The van der Waals surface area contributed by atoms with E-state index >= 15 is 0 Å². The van der Waals surface area contributed by atoms with Crippen LogP contribution in [0.5, 0.6) is 0 Å². The van der Waals surface area contributed by atoms with Crippen LogP contribution in [0.2, 0.25) is 10.0 Å². The molecular weight excluding hydrogens is 595 g/mol. The zero-order valence-corrected chi connectivity index (χ0v) is 23.4. The molecule has 1 aliphatic rings. The third kappa shape index (κ3) is 5.69. The number of aromatic nitrogens is 1. The zero-order valence-electron chi connectivity index (χ0n) is 21.1. The van der Waals surface area contributed by atoms with Crippen LogP contribution in [0.15, 0.2) is 41.3 Å². The van der Waals surface area contributed by atoms with Crippen molar-refractivity contribution in [1.82, 2.24) is 4.98 Å². The van der Waals surface area contributed by atoms with Crippen molar-refractivity contribution in [2.75, 3.05) is 22.7 Å². The number of halogens is 6. The van der Waals surface area contributed by atoms with E-state index in [1.54, 1.807) is 18.7 Å². The van der Waals surface area contributed by atoms with Gasteiger partial charge in [0.1, 0.15) is 17.7 Å². The molecule has 0 amide bonds. The van der Waals surface area contributed by atoms with E-state index < -0.39 is 38.2 Å². The van der Waals surface area contributed by atoms with Gasteiger partial charge in [0.25, 0.3) is 10.0 Å². The Bertz CT molecular complexity index is 1630. The van der Waals surface area contributed by atoms with Gasteiger partial charge in [-0.15, -0.1) is 0 Å². The summed E-state index contributed by atoms with van der Waals surface area (Å²) in [4.78, 5) is 5.89. The van der Waals surface area contributed by atoms with Gasteiger partial charge in [-0.3, -0.25) is 4.72 Å². The van der Waals surface area contributed by atoms with E-state index in [9.17, 15) is 36.3 Å². The van der Waals surface area contributed by atoms with Crippen LogP contribution in [-0.4, -0.2) is 31.6 Å². The molecule has 0 spiro atoms. The quantitative estimate of drug-likeness (QED) is 0.325. The summed E-state index contributed by atoms with van der Waals surface area (Å²) in [5, 5.41) is 20.3. The molecule has 0 radical (unpaired) electrons. The van der Waals surface area contributed by atoms with Crippen LogP contribution >= 0.6 is 23.2 Å². The van der Waals surface area contributed by atoms with Crippen LogP contribution in [0.4, 0.5) is 29.1 Å². The zero-order chi connectivity index (χ0) is 29.6. The third-order valence-corrected chi connectivity index (χ3v) is 8.82. The normalized spacial score (nSPS) is 15.6. The van der Waals surface area contributed by atoms with E-state index in [1.807, 2.05) is 6.07 Å². The highest BCUT2D eigenvalue weighted by Crippen LogP contribution is 2.41. The topological polar surface area (TPSA) is 106 Å². The molecule has 0 unspecified atom stereocenters. The third-order valence-electron chi connectivity index (χ3n) is 6.86. The summed E-state index contributed by atoms with van der Waals surface area (Å²) >= 11 is 11.5. The van der Waals surface area contributed by atoms with Crippen LogP contribution in [0.3, 0.4) is 0 Å². The van der Waals surface area contributed by atoms with Crippen molar-refractivity contribution >= 4 is 44.7 Å². The fraction of sp³-hybridized carbons (Fsp3) is 0.308. The lowest BCUT2D eigenvalue weighted by Crippen LogP contribution is -2.43. The summed E-state index contributed by atoms with van der Waals surface area (Å²) in [6, 6.07) is 8.28. The molecule has 0 aliphatic carbocycles. The molecule has 3 aromatic rings. The van der Waals surface area contributed by atoms with E-state index in [0.29, 0.717) is 0 Å². The Kier molecular flexibility index (Phi) is 7.99. The largest absolute Gasteiger partial charge is 0.417 e. The number of rotatable bonds is 5. The molecule has 1 saturated heterocycles. The van der Waals surface area contributed by atoms with Crippen LogP contribution < -0.4 is 9.62 Å². The first-order valence-electron chi connectivity index (χ1n) is 11.8. The van der Waals surface area contributed by atoms with E-state index in [-0.39, 0.29) is 69.7 Å². The molecule has 14 heteroatoms. The molecule has 0 bridgehead atoms. The molecule has 2 heterocycles. The number of aryl methyl sites for hydroxylation is 1. The number of hydrogen-bond donors (Lipinski definition) is 2. The van der Waals surface area contributed by atoms with Crippen molar-refractivity contribution in [3.05, 3.63) is 80.2 Å². The van der Waals surface area contributed by atoms with Crippen LogP contribution in [0.1, 0.15) is 40.8 Å². The fourth-order valence-corrected chi connectivity index (χ4v) is 6.27. The van der Waals surface area contributed by atoms with Crippen molar-refractivity contribution in [2.24, 2.45) is 0 Å². The van der Waals surface area contributed by atoms with E-state index in [0.717, 1.165) is 30.3 Å². The van der Waals surface area contributed by atoms with Crippen molar-refractivity contribution in [3.63, 3.8) is 0 Å². The average molecular weight is 617 g/mol. The number of benzene rings is 2. The van der Waals surface area contributed by atoms with Gasteiger partial charge in [-0.25, -0.2) is 17.8 Å². The Morgan fingerprint density at radius 3 is 2.33 bits per heavy atom. The SMILES string of the molecule is Cc1nc(N2CCC(O)(c3ccc(Cl)c(C(F)(F)F)c3)CC2)c(C#N)c(C)c1NS(=O)(=O)c1ccc(F)c(Cl)c1. The summed E-state index contributed by atoms with van der Waals surface area (Å²) in [6.07, 6.45) is -4.61. The predicted molar refractivity (Wildman–Crippen MR) is 142 cm³/mol. The predicted octanol–water partition coefficient (Wildman–Crippen LogP) is 6.32. The highest BCUT2D eigenvalue weighted by molar-refractivity contribution is 7.92. The lowest BCUT2D eigenvalue weighted by molar-refractivity contribution is -0.137. The number of alkyl halides is 3. The summed E-state index contributed by atoms with van der Waals surface area (Å²) in [5.41, 5.74) is -1.85. The average Bonchev–Trinajstić information content (AvgIpc) is 2.88. The molecule has 2 N–H and O–H groups in total. The summed E-state index contributed by atoms with van der Waals surface area (Å²) in [7, 11) is -4.21. The lowest BCUT2D eigenvalue weighted by Gasteiger charge is -2.40. The van der Waals surface area contributed by atoms with Gasteiger partial charge in [0.2, 0.25) is 0 Å². The number of pyridine rings is 1. The molecule has 0 atom stereocenters. The minimum absolute atomic E-state index is 0.0380.